The zero-order valence-electron chi connectivity index (χ0n) is 14.4. The summed E-state index contributed by atoms with van der Waals surface area (Å²) in [5.74, 6) is -0.943. The van der Waals surface area contributed by atoms with Crippen molar-refractivity contribution < 1.29 is 22.4 Å². The second-order valence-electron chi connectivity index (χ2n) is 6.41. The Morgan fingerprint density at radius 2 is 1.82 bits per heavy atom. The number of aromatic nitrogens is 1. The number of carbonyl (C=O) groups is 1. The van der Waals surface area contributed by atoms with E-state index in [0.29, 0.717) is 31.6 Å². The van der Waals surface area contributed by atoms with E-state index in [1.165, 1.54) is 12.1 Å². The molecule has 1 aromatic carbocycles. The molecule has 1 aromatic heterocycles. The van der Waals surface area contributed by atoms with Gasteiger partial charge in [0, 0.05) is 30.9 Å². The number of pyridine rings is 1. The van der Waals surface area contributed by atoms with Crippen LogP contribution in [0.5, 0.6) is 0 Å². The Bertz CT molecular complexity index is 884. The van der Waals surface area contributed by atoms with Crippen LogP contribution in [0.2, 0.25) is 10.0 Å². The standard InChI is InChI=1S/C18H15Cl2F4N3O/c19-13-2-1-12(8-15(13)21)26-17(28)10-3-5-27(6-4-10)16-14(20)7-11(9-25-16)18(22,23)24/h1-2,7-10H,3-6H2,(H,26,28). The molecule has 0 radical (unpaired) electrons. The van der Waals surface area contributed by atoms with Gasteiger partial charge in [-0.3, -0.25) is 4.79 Å². The van der Waals surface area contributed by atoms with Gasteiger partial charge in [0.1, 0.15) is 11.6 Å². The van der Waals surface area contributed by atoms with Crippen molar-refractivity contribution in [1.29, 1.82) is 0 Å². The molecule has 0 spiro atoms. The van der Waals surface area contributed by atoms with Gasteiger partial charge in [0.05, 0.1) is 15.6 Å². The van der Waals surface area contributed by atoms with Crippen LogP contribution in [0.4, 0.5) is 29.1 Å². The molecule has 1 aliphatic rings. The van der Waals surface area contributed by atoms with Crippen molar-refractivity contribution in [1.82, 2.24) is 4.98 Å². The third kappa shape index (κ3) is 4.67. The number of halogens is 6. The van der Waals surface area contributed by atoms with Gasteiger partial charge in [0.25, 0.3) is 0 Å². The van der Waals surface area contributed by atoms with Gasteiger partial charge in [0.2, 0.25) is 5.91 Å². The molecule has 0 atom stereocenters. The largest absolute Gasteiger partial charge is 0.417 e. The number of piperidine rings is 1. The maximum Gasteiger partial charge on any atom is 0.417 e. The molecule has 0 bridgehead atoms. The first-order chi connectivity index (χ1) is 13.1. The third-order valence-corrected chi connectivity index (χ3v) is 5.09. The van der Waals surface area contributed by atoms with Gasteiger partial charge in [0.15, 0.2) is 0 Å². The number of carbonyl (C=O) groups excluding carboxylic acids is 1. The Balaban J connectivity index is 1.61. The van der Waals surface area contributed by atoms with Crippen molar-refractivity contribution in [3.05, 3.63) is 51.9 Å². The molecular weight excluding hydrogens is 421 g/mol. The number of hydrogen-bond donors (Lipinski definition) is 1. The van der Waals surface area contributed by atoms with Crippen LogP contribution in [0.1, 0.15) is 18.4 Å². The Morgan fingerprint density at radius 3 is 2.39 bits per heavy atom. The molecule has 2 heterocycles. The normalized spacial score (nSPS) is 15.6. The van der Waals surface area contributed by atoms with Crippen molar-refractivity contribution in [2.24, 2.45) is 5.92 Å². The van der Waals surface area contributed by atoms with Crippen LogP contribution >= 0.6 is 23.2 Å². The SMILES string of the molecule is O=C(Nc1ccc(Cl)c(F)c1)C1CCN(c2ncc(C(F)(F)F)cc2Cl)CC1. The number of hydrogen-bond acceptors (Lipinski definition) is 3. The van der Waals surface area contributed by atoms with Gasteiger partial charge in [-0.25, -0.2) is 9.37 Å². The van der Waals surface area contributed by atoms with Crippen molar-refractivity contribution in [2.75, 3.05) is 23.3 Å². The summed E-state index contributed by atoms with van der Waals surface area (Å²) in [6, 6.07) is 4.84. The van der Waals surface area contributed by atoms with Crippen LogP contribution in [-0.2, 0) is 11.0 Å². The minimum Gasteiger partial charge on any atom is -0.355 e. The number of benzene rings is 1. The maximum atomic E-state index is 13.5. The summed E-state index contributed by atoms with van der Waals surface area (Å²) >= 11 is 11.6. The van der Waals surface area contributed by atoms with Crippen molar-refractivity contribution >= 4 is 40.6 Å². The summed E-state index contributed by atoms with van der Waals surface area (Å²) in [7, 11) is 0. The molecule has 10 heteroatoms. The minimum absolute atomic E-state index is 0.0350. The quantitative estimate of drug-likeness (QED) is 0.656. The van der Waals surface area contributed by atoms with E-state index in [0.717, 1.165) is 18.3 Å². The van der Waals surface area contributed by atoms with Gasteiger partial charge in [-0.05, 0) is 37.1 Å². The number of anilines is 2. The average molecular weight is 436 g/mol. The Morgan fingerprint density at radius 1 is 1.14 bits per heavy atom. The molecular formula is C18H15Cl2F4N3O. The van der Waals surface area contributed by atoms with Gasteiger partial charge in [-0.2, -0.15) is 13.2 Å². The van der Waals surface area contributed by atoms with Gasteiger partial charge < -0.3 is 10.2 Å². The summed E-state index contributed by atoms with van der Waals surface area (Å²) in [5.41, 5.74) is -0.604. The van der Waals surface area contributed by atoms with E-state index in [1.54, 1.807) is 4.90 Å². The highest BCUT2D eigenvalue weighted by Gasteiger charge is 2.33. The van der Waals surface area contributed by atoms with E-state index in [1.807, 2.05) is 0 Å². The molecule has 0 aliphatic carbocycles. The van der Waals surface area contributed by atoms with Crippen molar-refractivity contribution in [3.63, 3.8) is 0 Å². The van der Waals surface area contributed by atoms with Crippen LogP contribution in [0, 0.1) is 11.7 Å². The number of rotatable bonds is 3. The average Bonchev–Trinajstić information content (AvgIpc) is 2.64. The number of alkyl halides is 3. The summed E-state index contributed by atoms with van der Waals surface area (Å²) < 4.78 is 51.6. The number of nitrogens with zero attached hydrogens (tertiary/aromatic N) is 2. The molecule has 1 fully saturated rings. The second-order valence-corrected chi connectivity index (χ2v) is 7.22. The van der Waals surface area contributed by atoms with E-state index in [9.17, 15) is 22.4 Å². The predicted molar refractivity (Wildman–Crippen MR) is 99.2 cm³/mol. The molecule has 1 N–H and O–H groups in total. The molecule has 150 valence electrons. The van der Waals surface area contributed by atoms with E-state index in [-0.39, 0.29) is 27.7 Å². The first-order valence-electron chi connectivity index (χ1n) is 8.39. The lowest BCUT2D eigenvalue weighted by Gasteiger charge is -2.32. The highest BCUT2D eigenvalue weighted by atomic mass is 35.5. The zero-order valence-corrected chi connectivity index (χ0v) is 15.9. The van der Waals surface area contributed by atoms with Crippen LogP contribution in [0.3, 0.4) is 0 Å². The molecule has 3 rings (SSSR count). The first-order valence-corrected chi connectivity index (χ1v) is 9.14. The van der Waals surface area contributed by atoms with Crippen LogP contribution in [0.15, 0.2) is 30.5 Å². The number of nitrogens with one attached hydrogen (secondary N) is 1. The highest BCUT2D eigenvalue weighted by molar-refractivity contribution is 6.33. The fourth-order valence-corrected chi connectivity index (χ4v) is 3.39. The molecule has 0 saturated carbocycles. The monoisotopic (exact) mass is 435 g/mol. The van der Waals surface area contributed by atoms with E-state index >= 15 is 0 Å². The van der Waals surface area contributed by atoms with Crippen LogP contribution in [0.25, 0.3) is 0 Å². The fourth-order valence-electron chi connectivity index (χ4n) is 2.99. The topological polar surface area (TPSA) is 45.2 Å². The molecule has 1 amide bonds. The molecule has 2 aromatic rings. The van der Waals surface area contributed by atoms with Crippen LogP contribution < -0.4 is 10.2 Å². The van der Waals surface area contributed by atoms with Gasteiger partial charge >= 0.3 is 6.18 Å². The van der Waals surface area contributed by atoms with E-state index in [4.69, 9.17) is 23.2 Å². The maximum absolute atomic E-state index is 13.5. The summed E-state index contributed by atoms with van der Waals surface area (Å²) in [4.78, 5) is 18.0. The van der Waals surface area contributed by atoms with Gasteiger partial charge in [-0.1, -0.05) is 23.2 Å². The van der Waals surface area contributed by atoms with E-state index < -0.39 is 17.6 Å². The predicted octanol–water partition coefficient (Wildman–Crippen LogP) is 5.40. The van der Waals surface area contributed by atoms with Crippen molar-refractivity contribution in [3.8, 4) is 0 Å². The molecule has 28 heavy (non-hydrogen) atoms. The lowest BCUT2D eigenvalue weighted by atomic mass is 9.95. The summed E-state index contributed by atoms with van der Waals surface area (Å²) in [6.45, 7) is 0.816. The molecule has 1 aliphatic heterocycles. The number of amides is 1. The second kappa shape index (κ2) is 8.13. The van der Waals surface area contributed by atoms with Gasteiger partial charge in [-0.15, -0.1) is 0 Å². The molecule has 0 unspecified atom stereocenters. The van der Waals surface area contributed by atoms with E-state index in [2.05, 4.69) is 10.3 Å². The smallest absolute Gasteiger partial charge is 0.355 e. The lowest BCUT2D eigenvalue weighted by molar-refractivity contribution is -0.137. The zero-order chi connectivity index (χ0) is 20.5. The third-order valence-electron chi connectivity index (χ3n) is 4.50. The lowest BCUT2D eigenvalue weighted by Crippen LogP contribution is -2.38. The minimum atomic E-state index is -4.51. The Kier molecular flexibility index (Phi) is 6.00. The molecule has 1 saturated heterocycles. The Labute approximate surface area is 168 Å². The van der Waals surface area contributed by atoms with Crippen molar-refractivity contribution in [2.45, 2.75) is 19.0 Å². The van der Waals surface area contributed by atoms with Crippen LogP contribution in [-0.4, -0.2) is 24.0 Å². The fraction of sp³-hybridized carbons (Fsp3) is 0.333. The Hall–Kier alpha value is -2.06. The summed E-state index contributed by atoms with van der Waals surface area (Å²) in [6.07, 6.45) is -2.85. The first kappa shape index (κ1) is 20.7. The molecule has 4 nitrogen and oxygen atoms in total. The summed E-state index contributed by atoms with van der Waals surface area (Å²) in [5, 5.41) is 2.52. The highest BCUT2D eigenvalue weighted by Crippen LogP contribution is 2.34.